The molecule has 2 heterocycles. The zero-order valence-electron chi connectivity index (χ0n) is 11.5. The second kappa shape index (κ2) is 5.46. The Morgan fingerprint density at radius 2 is 1.90 bits per heavy atom. The SMILES string of the molecule is CN1C(=O)/C(=C/c2ccccc2)N=C1N1CCOCC1. The standard InChI is InChI=1S/C15H17N3O2/c1-17-14(19)13(11-12-5-3-2-4-6-12)16-15(17)18-7-9-20-10-8-18/h2-6,11H,7-10H2,1H3/b13-11-. The lowest BCUT2D eigenvalue weighted by Crippen LogP contribution is -2.47. The predicted octanol–water partition coefficient (Wildman–Crippen LogP) is 1.19. The summed E-state index contributed by atoms with van der Waals surface area (Å²) in [5.41, 5.74) is 1.47. The first-order valence-electron chi connectivity index (χ1n) is 6.72. The lowest BCUT2D eigenvalue weighted by molar-refractivity contribution is -0.122. The van der Waals surface area contributed by atoms with E-state index in [9.17, 15) is 4.79 Å². The Hall–Kier alpha value is -2.14. The van der Waals surface area contributed by atoms with Gasteiger partial charge in [-0.2, -0.15) is 0 Å². The summed E-state index contributed by atoms with van der Waals surface area (Å²) >= 11 is 0. The van der Waals surface area contributed by atoms with Gasteiger partial charge in [0.25, 0.3) is 5.91 Å². The molecule has 0 saturated carbocycles. The van der Waals surface area contributed by atoms with Crippen LogP contribution in [0.3, 0.4) is 0 Å². The molecule has 20 heavy (non-hydrogen) atoms. The van der Waals surface area contributed by atoms with Crippen molar-refractivity contribution in [3.05, 3.63) is 41.6 Å². The molecule has 1 amide bonds. The van der Waals surface area contributed by atoms with Crippen molar-refractivity contribution in [2.45, 2.75) is 0 Å². The number of hydrogen-bond donors (Lipinski definition) is 0. The summed E-state index contributed by atoms with van der Waals surface area (Å²) in [7, 11) is 1.77. The van der Waals surface area contributed by atoms with Crippen molar-refractivity contribution in [2.24, 2.45) is 4.99 Å². The maximum Gasteiger partial charge on any atom is 0.279 e. The van der Waals surface area contributed by atoms with Crippen LogP contribution in [0, 0.1) is 0 Å². The van der Waals surface area contributed by atoms with Crippen LogP contribution in [0.1, 0.15) is 5.56 Å². The Morgan fingerprint density at radius 3 is 2.60 bits per heavy atom. The smallest absolute Gasteiger partial charge is 0.279 e. The van der Waals surface area contributed by atoms with Gasteiger partial charge < -0.3 is 9.64 Å². The molecule has 104 valence electrons. The molecule has 5 nitrogen and oxygen atoms in total. The van der Waals surface area contributed by atoms with E-state index in [1.807, 2.05) is 36.4 Å². The highest BCUT2D eigenvalue weighted by Gasteiger charge is 2.31. The second-order valence-electron chi connectivity index (χ2n) is 4.82. The third-order valence-electron chi connectivity index (χ3n) is 3.44. The molecule has 0 unspecified atom stereocenters. The summed E-state index contributed by atoms with van der Waals surface area (Å²) < 4.78 is 5.33. The Labute approximate surface area is 118 Å². The predicted molar refractivity (Wildman–Crippen MR) is 77.0 cm³/mol. The molecule has 3 rings (SSSR count). The van der Waals surface area contributed by atoms with Gasteiger partial charge in [0.05, 0.1) is 13.2 Å². The van der Waals surface area contributed by atoms with E-state index >= 15 is 0 Å². The molecule has 1 aromatic carbocycles. The molecule has 0 aliphatic carbocycles. The molecule has 1 aromatic rings. The maximum atomic E-state index is 12.2. The Morgan fingerprint density at radius 1 is 1.20 bits per heavy atom. The number of nitrogens with zero attached hydrogens (tertiary/aromatic N) is 3. The second-order valence-corrected chi connectivity index (χ2v) is 4.82. The molecule has 2 aliphatic heterocycles. The van der Waals surface area contributed by atoms with E-state index in [2.05, 4.69) is 9.89 Å². The number of rotatable bonds is 1. The van der Waals surface area contributed by atoms with Gasteiger partial charge in [0, 0.05) is 20.1 Å². The van der Waals surface area contributed by atoms with Gasteiger partial charge in [-0.1, -0.05) is 30.3 Å². The summed E-state index contributed by atoms with van der Waals surface area (Å²) in [5.74, 6) is 0.663. The molecule has 0 spiro atoms. The highest BCUT2D eigenvalue weighted by Crippen LogP contribution is 2.19. The highest BCUT2D eigenvalue weighted by atomic mass is 16.5. The van der Waals surface area contributed by atoms with Crippen molar-refractivity contribution < 1.29 is 9.53 Å². The number of likely N-dealkylation sites (N-methyl/N-ethyl adjacent to an activating group) is 1. The van der Waals surface area contributed by atoms with Crippen LogP contribution in [0.4, 0.5) is 0 Å². The van der Waals surface area contributed by atoms with Gasteiger partial charge in [-0.05, 0) is 11.6 Å². The molecule has 0 aromatic heterocycles. The van der Waals surface area contributed by atoms with Crippen molar-refractivity contribution in [3.63, 3.8) is 0 Å². The van der Waals surface area contributed by atoms with Gasteiger partial charge in [0.2, 0.25) is 5.96 Å². The number of aliphatic imine (C=N–C) groups is 1. The van der Waals surface area contributed by atoms with E-state index in [0.717, 1.165) is 24.6 Å². The fourth-order valence-electron chi connectivity index (χ4n) is 2.34. The quantitative estimate of drug-likeness (QED) is 0.721. The lowest BCUT2D eigenvalue weighted by atomic mass is 10.2. The lowest BCUT2D eigenvalue weighted by Gasteiger charge is -2.30. The molecule has 0 bridgehead atoms. The van der Waals surface area contributed by atoms with Crippen LogP contribution >= 0.6 is 0 Å². The van der Waals surface area contributed by atoms with Crippen LogP contribution in [-0.2, 0) is 9.53 Å². The van der Waals surface area contributed by atoms with Gasteiger partial charge in [-0.25, -0.2) is 4.99 Å². The van der Waals surface area contributed by atoms with E-state index < -0.39 is 0 Å². The minimum Gasteiger partial charge on any atom is -0.378 e. The Bertz CT molecular complexity index is 560. The maximum absolute atomic E-state index is 12.2. The van der Waals surface area contributed by atoms with Crippen LogP contribution in [0.15, 0.2) is 41.0 Å². The van der Waals surface area contributed by atoms with E-state index in [0.29, 0.717) is 18.9 Å². The molecule has 1 saturated heterocycles. The van der Waals surface area contributed by atoms with Crippen molar-refractivity contribution in [1.82, 2.24) is 9.80 Å². The largest absolute Gasteiger partial charge is 0.378 e. The average molecular weight is 271 g/mol. The Balaban J connectivity index is 1.87. The van der Waals surface area contributed by atoms with Crippen LogP contribution in [-0.4, -0.2) is 55.0 Å². The summed E-state index contributed by atoms with van der Waals surface area (Å²) in [4.78, 5) is 20.4. The van der Waals surface area contributed by atoms with Crippen LogP contribution in [0.5, 0.6) is 0 Å². The summed E-state index contributed by atoms with van der Waals surface area (Å²) in [6.45, 7) is 2.90. The summed E-state index contributed by atoms with van der Waals surface area (Å²) in [6.07, 6.45) is 1.83. The van der Waals surface area contributed by atoms with E-state index in [1.165, 1.54) is 0 Å². The first-order chi connectivity index (χ1) is 9.75. The molecule has 0 N–H and O–H groups in total. The van der Waals surface area contributed by atoms with Gasteiger partial charge in [0.15, 0.2) is 0 Å². The molecule has 0 radical (unpaired) electrons. The number of benzene rings is 1. The molecule has 5 heteroatoms. The van der Waals surface area contributed by atoms with Crippen LogP contribution in [0.25, 0.3) is 6.08 Å². The molecule has 2 aliphatic rings. The van der Waals surface area contributed by atoms with E-state index in [-0.39, 0.29) is 5.91 Å². The van der Waals surface area contributed by atoms with E-state index in [4.69, 9.17) is 4.74 Å². The minimum atomic E-state index is -0.0599. The van der Waals surface area contributed by atoms with Crippen molar-refractivity contribution >= 4 is 17.9 Å². The number of carbonyl (C=O) groups is 1. The van der Waals surface area contributed by atoms with Gasteiger partial charge in [-0.15, -0.1) is 0 Å². The van der Waals surface area contributed by atoms with Gasteiger partial charge in [0.1, 0.15) is 5.70 Å². The number of guanidine groups is 1. The van der Waals surface area contributed by atoms with Gasteiger partial charge >= 0.3 is 0 Å². The third-order valence-corrected chi connectivity index (χ3v) is 3.44. The summed E-state index contributed by atoms with van der Waals surface area (Å²) in [6, 6.07) is 9.77. The van der Waals surface area contributed by atoms with Crippen molar-refractivity contribution in [3.8, 4) is 0 Å². The number of morpholine rings is 1. The third kappa shape index (κ3) is 2.44. The molecular weight excluding hydrogens is 254 g/mol. The minimum absolute atomic E-state index is 0.0599. The first kappa shape index (κ1) is 12.9. The van der Waals surface area contributed by atoms with Crippen molar-refractivity contribution in [2.75, 3.05) is 33.4 Å². The van der Waals surface area contributed by atoms with E-state index in [1.54, 1.807) is 11.9 Å². The fraction of sp³-hybridized carbons (Fsp3) is 0.333. The molecule has 1 fully saturated rings. The number of amides is 1. The van der Waals surface area contributed by atoms with Gasteiger partial charge in [-0.3, -0.25) is 9.69 Å². The highest BCUT2D eigenvalue weighted by molar-refractivity contribution is 6.13. The zero-order chi connectivity index (χ0) is 13.9. The van der Waals surface area contributed by atoms with Crippen LogP contribution < -0.4 is 0 Å². The van der Waals surface area contributed by atoms with Crippen LogP contribution in [0.2, 0.25) is 0 Å². The zero-order valence-corrected chi connectivity index (χ0v) is 11.5. The fourth-order valence-corrected chi connectivity index (χ4v) is 2.34. The number of carbonyl (C=O) groups excluding carboxylic acids is 1. The number of ether oxygens (including phenoxy) is 1. The van der Waals surface area contributed by atoms with Crippen molar-refractivity contribution in [1.29, 1.82) is 0 Å². The molecule has 0 atom stereocenters. The molecular formula is C15H17N3O2. The summed E-state index contributed by atoms with van der Waals surface area (Å²) in [5, 5.41) is 0. The topological polar surface area (TPSA) is 45.1 Å². The Kier molecular flexibility index (Phi) is 3.52. The first-order valence-corrected chi connectivity index (χ1v) is 6.72. The number of hydrogen-bond acceptors (Lipinski definition) is 4. The monoisotopic (exact) mass is 271 g/mol. The average Bonchev–Trinajstić information content (AvgIpc) is 2.78. The normalized spacial score (nSPS) is 21.6.